The molecule has 5 aliphatic rings. The van der Waals surface area contributed by atoms with Gasteiger partial charge in [0.1, 0.15) is 23.7 Å². The van der Waals surface area contributed by atoms with E-state index in [0.29, 0.717) is 16.9 Å². The second-order valence-corrected chi connectivity index (χ2v) is 18.3. The minimum atomic E-state index is -1.21. The molecule has 7 heteroatoms. The van der Waals surface area contributed by atoms with Gasteiger partial charge in [-0.2, -0.15) is 0 Å². The van der Waals surface area contributed by atoms with Crippen LogP contribution in [0.25, 0.3) is 0 Å². The van der Waals surface area contributed by atoms with Gasteiger partial charge in [-0.15, -0.1) is 11.8 Å². The van der Waals surface area contributed by atoms with Crippen LogP contribution in [0.2, 0.25) is 0 Å². The summed E-state index contributed by atoms with van der Waals surface area (Å²) in [5, 5.41) is 30.3. The summed E-state index contributed by atoms with van der Waals surface area (Å²) >= 11 is 1.51. The molecule has 266 valence electrons. The van der Waals surface area contributed by atoms with Gasteiger partial charge in [-0.05, 0) is 116 Å². The molecule has 0 spiro atoms. The molecule has 1 heterocycles. The standard InChI is InChI=1S/C39H69NO5S/c1-25(2)11-10-12-26(3)30-15-16-31-29-14-13-27-23-28(17-19-38(27,4)32(29)18-20-39(30,31)5)44-21-8-6-7-9-22-46-37-36(43)35(42)34(41)33(24-40)45-37/h13,25-26,28-37,41-43H,6-12,14-24,40H2,1-5H3/t26-,28?,29+,30-,31+,32+,33-,34+,35+,36-,37+,38+,39-/m1/s1. The summed E-state index contributed by atoms with van der Waals surface area (Å²) in [6.07, 6.45) is 18.4. The number of thioether (sulfide) groups is 1. The third-order valence-corrected chi connectivity index (χ3v) is 15.1. The number of hydrogen-bond donors (Lipinski definition) is 4. The zero-order valence-corrected chi connectivity index (χ0v) is 30.7. The van der Waals surface area contributed by atoms with Gasteiger partial charge in [-0.25, -0.2) is 0 Å². The number of aliphatic hydroxyl groups is 3. The molecule has 0 radical (unpaired) electrons. The molecule has 0 bridgehead atoms. The van der Waals surface area contributed by atoms with Gasteiger partial charge in [0, 0.05) is 13.2 Å². The number of hydrogen-bond acceptors (Lipinski definition) is 7. The van der Waals surface area contributed by atoms with E-state index >= 15 is 0 Å². The maximum Gasteiger partial charge on any atom is 0.132 e. The molecule has 4 aliphatic carbocycles. The van der Waals surface area contributed by atoms with Crippen LogP contribution in [0.3, 0.4) is 0 Å². The van der Waals surface area contributed by atoms with E-state index in [0.717, 1.165) is 80.0 Å². The van der Waals surface area contributed by atoms with E-state index in [2.05, 4.69) is 40.7 Å². The van der Waals surface area contributed by atoms with Crippen molar-refractivity contribution in [2.45, 2.75) is 167 Å². The number of aliphatic hydroxyl groups excluding tert-OH is 3. The van der Waals surface area contributed by atoms with E-state index in [1.54, 1.807) is 5.57 Å². The molecular weight excluding hydrogens is 594 g/mol. The second kappa shape index (κ2) is 16.2. The Morgan fingerprint density at radius 1 is 0.913 bits per heavy atom. The Morgan fingerprint density at radius 2 is 1.70 bits per heavy atom. The van der Waals surface area contributed by atoms with Crippen LogP contribution < -0.4 is 5.73 Å². The van der Waals surface area contributed by atoms with E-state index in [1.165, 1.54) is 76.0 Å². The van der Waals surface area contributed by atoms with Crippen LogP contribution >= 0.6 is 11.8 Å². The monoisotopic (exact) mass is 663 g/mol. The molecule has 46 heavy (non-hydrogen) atoms. The molecule has 1 aliphatic heterocycles. The maximum atomic E-state index is 10.3. The van der Waals surface area contributed by atoms with Gasteiger partial charge in [0.05, 0.1) is 12.2 Å². The van der Waals surface area contributed by atoms with Crippen LogP contribution in [-0.4, -0.2) is 70.2 Å². The lowest BCUT2D eigenvalue weighted by molar-refractivity contribution is -0.194. The minimum absolute atomic E-state index is 0.124. The van der Waals surface area contributed by atoms with Crippen LogP contribution in [0.5, 0.6) is 0 Å². The van der Waals surface area contributed by atoms with Crippen molar-refractivity contribution in [2.75, 3.05) is 18.9 Å². The lowest BCUT2D eigenvalue weighted by atomic mass is 9.47. The first-order valence-electron chi connectivity index (χ1n) is 19.3. The molecule has 5 N–H and O–H groups in total. The molecule has 1 unspecified atom stereocenters. The predicted octanol–water partition coefficient (Wildman–Crippen LogP) is 7.47. The average molecular weight is 664 g/mol. The second-order valence-electron chi connectivity index (χ2n) is 17.1. The van der Waals surface area contributed by atoms with Crippen molar-refractivity contribution in [1.82, 2.24) is 0 Å². The lowest BCUT2D eigenvalue weighted by Gasteiger charge is -2.58. The first-order valence-corrected chi connectivity index (χ1v) is 20.4. The summed E-state index contributed by atoms with van der Waals surface area (Å²) < 4.78 is 12.2. The summed E-state index contributed by atoms with van der Waals surface area (Å²) in [6.45, 7) is 13.6. The Labute approximate surface area is 285 Å². The van der Waals surface area contributed by atoms with Gasteiger partial charge in [0.15, 0.2) is 0 Å². The first-order chi connectivity index (χ1) is 22.0. The maximum absolute atomic E-state index is 10.3. The van der Waals surface area contributed by atoms with Crippen molar-refractivity contribution in [1.29, 1.82) is 0 Å². The van der Waals surface area contributed by atoms with Crippen molar-refractivity contribution < 1.29 is 24.8 Å². The number of ether oxygens (including phenoxy) is 2. The average Bonchev–Trinajstić information content (AvgIpc) is 3.39. The Kier molecular flexibility index (Phi) is 13.1. The van der Waals surface area contributed by atoms with Crippen LogP contribution in [-0.2, 0) is 9.47 Å². The Hall–Kier alpha value is -0.150. The van der Waals surface area contributed by atoms with Gasteiger partial charge in [0.25, 0.3) is 0 Å². The molecule has 0 aromatic heterocycles. The van der Waals surface area contributed by atoms with Crippen LogP contribution in [0.1, 0.15) is 131 Å². The quantitative estimate of drug-likeness (QED) is 0.106. The highest BCUT2D eigenvalue weighted by Gasteiger charge is 2.59. The summed E-state index contributed by atoms with van der Waals surface area (Å²) in [5.41, 5.74) is 7.78. The van der Waals surface area contributed by atoms with Gasteiger partial charge >= 0.3 is 0 Å². The number of unbranched alkanes of at least 4 members (excludes halogenated alkanes) is 3. The van der Waals surface area contributed by atoms with Crippen molar-refractivity contribution in [3.63, 3.8) is 0 Å². The summed E-state index contributed by atoms with van der Waals surface area (Å²) in [4.78, 5) is 0. The number of fused-ring (bicyclic) bond motifs is 5. The largest absolute Gasteiger partial charge is 0.388 e. The number of nitrogens with two attached hydrogens (primary N) is 1. The fraction of sp³-hybridized carbons (Fsp3) is 0.949. The highest BCUT2D eigenvalue weighted by Crippen LogP contribution is 2.67. The molecule has 0 aromatic rings. The van der Waals surface area contributed by atoms with E-state index in [1.807, 2.05) is 0 Å². The van der Waals surface area contributed by atoms with E-state index in [9.17, 15) is 15.3 Å². The molecule has 4 fully saturated rings. The van der Waals surface area contributed by atoms with Crippen molar-refractivity contribution in [3.05, 3.63) is 11.6 Å². The molecule has 1 saturated heterocycles. The molecule has 0 aromatic carbocycles. The van der Waals surface area contributed by atoms with Crippen molar-refractivity contribution in [2.24, 2.45) is 52.1 Å². The van der Waals surface area contributed by atoms with E-state index in [-0.39, 0.29) is 6.54 Å². The third-order valence-electron chi connectivity index (χ3n) is 13.8. The molecular formula is C39H69NO5S. The Morgan fingerprint density at radius 3 is 2.46 bits per heavy atom. The Bertz CT molecular complexity index is 991. The van der Waals surface area contributed by atoms with Gasteiger partial charge < -0.3 is 30.5 Å². The van der Waals surface area contributed by atoms with Gasteiger partial charge in [-0.3, -0.25) is 0 Å². The van der Waals surface area contributed by atoms with Crippen LogP contribution in [0.4, 0.5) is 0 Å². The fourth-order valence-electron chi connectivity index (χ4n) is 11.1. The molecule has 3 saturated carbocycles. The minimum Gasteiger partial charge on any atom is -0.388 e. The third kappa shape index (κ3) is 7.92. The van der Waals surface area contributed by atoms with E-state index in [4.69, 9.17) is 15.2 Å². The normalized spacial score (nSPS) is 43.1. The first kappa shape index (κ1) is 37.1. The summed E-state index contributed by atoms with van der Waals surface area (Å²) in [6, 6.07) is 0. The zero-order valence-electron chi connectivity index (χ0n) is 29.9. The molecule has 5 rings (SSSR count). The summed E-state index contributed by atoms with van der Waals surface area (Å²) in [7, 11) is 0. The zero-order chi connectivity index (χ0) is 33.1. The fourth-order valence-corrected chi connectivity index (χ4v) is 12.2. The predicted molar refractivity (Wildman–Crippen MR) is 189 cm³/mol. The molecule has 0 amide bonds. The van der Waals surface area contributed by atoms with Crippen molar-refractivity contribution in [3.8, 4) is 0 Å². The van der Waals surface area contributed by atoms with Crippen molar-refractivity contribution >= 4 is 11.8 Å². The topological polar surface area (TPSA) is 105 Å². The highest BCUT2D eigenvalue weighted by atomic mass is 32.2. The van der Waals surface area contributed by atoms with Gasteiger partial charge in [-0.1, -0.05) is 78.4 Å². The lowest BCUT2D eigenvalue weighted by Crippen LogP contribution is -2.58. The molecule has 13 atom stereocenters. The SMILES string of the molecule is CC(C)CCC[C@@H](C)[C@H]1CC[C@H]2[C@@H]3CC=C4CC(OCCCCCCS[C@@H]5O[C@H](CN)[C@H](O)[C@H](O)[C@H]5O)CC[C@]4(C)[C@H]3CC[C@]12C. The molecule has 6 nitrogen and oxygen atoms in total. The number of rotatable bonds is 15. The number of allylic oxidation sites excluding steroid dienone is 1. The smallest absolute Gasteiger partial charge is 0.132 e. The van der Waals surface area contributed by atoms with E-state index < -0.39 is 29.9 Å². The summed E-state index contributed by atoms with van der Waals surface area (Å²) in [5.74, 6) is 6.17. The Balaban J connectivity index is 1.02. The van der Waals surface area contributed by atoms with Crippen LogP contribution in [0.15, 0.2) is 11.6 Å². The van der Waals surface area contributed by atoms with Gasteiger partial charge in [0.2, 0.25) is 0 Å². The highest BCUT2D eigenvalue weighted by molar-refractivity contribution is 7.99. The van der Waals surface area contributed by atoms with Crippen LogP contribution in [0, 0.1) is 46.3 Å².